The Morgan fingerprint density at radius 2 is 0.621 bits per heavy atom. The smallest absolute Gasteiger partial charge is 0.306 e. The van der Waals surface area contributed by atoms with E-state index in [1.54, 1.807) is 0 Å². The minimum atomic E-state index is -0.807. The minimum Gasteiger partial charge on any atom is -0.462 e. The maximum atomic E-state index is 12.8. The zero-order valence-electron chi connectivity index (χ0n) is 44.0. The molecule has 0 rings (SSSR count). The van der Waals surface area contributed by atoms with Gasteiger partial charge in [0.05, 0.1) is 0 Å². The summed E-state index contributed by atoms with van der Waals surface area (Å²) in [7, 11) is 0. The first-order valence-corrected chi connectivity index (χ1v) is 28.7. The zero-order valence-corrected chi connectivity index (χ0v) is 44.0. The maximum Gasteiger partial charge on any atom is 0.306 e. The van der Waals surface area contributed by atoms with Crippen molar-refractivity contribution in [3.63, 3.8) is 0 Å². The van der Waals surface area contributed by atoms with E-state index in [9.17, 15) is 14.4 Å². The third-order valence-electron chi connectivity index (χ3n) is 12.6. The lowest BCUT2D eigenvalue weighted by Gasteiger charge is -2.18. The number of unbranched alkanes of at least 4 members (excludes halogenated alkanes) is 34. The zero-order chi connectivity index (χ0) is 47.9. The van der Waals surface area contributed by atoms with Crippen LogP contribution in [0.5, 0.6) is 0 Å². The Morgan fingerprint density at radius 1 is 0.318 bits per heavy atom. The highest BCUT2D eigenvalue weighted by molar-refractivity contribution is 5.71. The number of carbonyl (C=O) groups is 3. The number of esters is 3. The highest BCUT2D eigenvalue weighted by Crippen LogP contribution is 2.16. The van der Waals surface area contributed by atoms with Crippen molar-refractivity contribution >= 4 is 17.9 Å². The van der Waals surface area contributed by atoms with Crippen molar-refractivity contribution in [3.05, 3.63) is 48.6 Å². The van der Waals surface area contributed by atoms with Crippen molar-refractivity contribution in [2.45, 2.75) is 303 Å². The van der Waals surface area contributed by atoms with Gasteiger partial charge in [-0.15, -0.1) is 0 Å². The van der Waals surface area contributed by atoms with Gasteiger partial charge in [0.15, 0.2) is 6.10 Å². The summed E-state index contributed by atoms with van der Waals surface area (Å²) < 4.78 is 16.8. The first-order valence-electron chi connectivity index (χ1n) is 28.7. The molecule has 1 unspecified atom stereocenters. The SMILES string of the molecule is CCCCCCCC/C=C\C/C=C\CCC(=O)OCC(COC(=O)CCCCCCCCCCCCCCCCCCCCC)OC(=O)CCCCC/C=C\C=C/CCCCCCCCC. The summed E-state index contributed by atoms with van der Waals surface area (Å²) in [5.74, 6) is -0.983. The molecule has 0 bridgehead atoms. The number of rotatable bonds is 52. The maximum absolute atomic E-state index is 12.8. The summed E-state index contributed by atoms with van der Waals surface area (Å²) in [6.45, 7) is 6.58. The Labute approximate surface area is 409 Å². The topological polar surface area (TPSA) is 78.9 Å². The van der Waals surface area contributed by atoms with E-state index in [2.05, 4.69) is 63.3 Å². The Bertz CT molecular complexity index is 1150. The molecule has 0 aromatic rings. The molecule has 0 aromatic carbocycles. The van der Waals surface area contributed by atoms with E-state index in [0.717, 1.165) is 64.2 Å². The molecule has 0 amide bonds. The third kappa shape index (κ3) is 52.3. The fourth-order valence-electron chi connectivity index (χ4n) is 8.25. The lowest BCUT2D eigenvalue weighted by molar-refractivity contribution is -0.166. The molecular formula is C60H108O6. The Hall–Kier alpha value is -2.63. The van der Waals surface area contributed by atoms with Gasteiger partial charge in [-0.2, -0.15) is 0 Å². The molecule has 0 saturated carbocycles. The van der Waals surface area contributed by atoms with E-state index in [1.807, 2.05) is 6.08 Å². The fraction of sp³-hybridized carbons (Fsp3) is 0.817. The molecule has 0 spiro atoms. The quantitative estimate of drug-likeness (QED) is 0.0199. The van der Waals surface area contributed by atoms with Gasteiger partial charge < -0.3 is 14.2 Å². The van der Waals surface area contributed by atoms with Gasteiger partial charge in [0.1, 0.15) is 13.2 Å². The van der Waals surface area contributed by atoms with Crippen molar-refractivity contribution < 1.29 is 28.6 Å². The lowest BCUT2D eigenvalue weighted by atomic mass is 10.0. The molecule has 0 aliphatic rings. The largest absolute Gasteiger partial charge is 0.462 e. The Kier molecular flexibility index (Phi) is 52.8. The van der Waals surface area contributed by atoms with E-state index in [0.29, 0.717) is 12.8 Å². The number of hydrogen-bond donors (Lipinski definition) is 0. The molecule has 0 aliphatic heterocycles. The van der Waals surface area contributed by atoms with Crippen LogP contribution in [0.4, 0.5) is 0 Å². The summed E-state index contributed by atoms with van der Waals surface area (Å²) in [6.07, 6.45) is 66.9. The van der Waals surface area contributed by atoms with Gasteiger partial charge in [0, 0.05) is 19.3 Å². The van der Waals surface area contributed by atoms with Crippen molar-refractivity contribution in [2.24, 2.45) is 0 Å². The molecule has 0 saturated heterocycles. The number of allylic oxidation sites excluding steroid dienone is 8. The third-order valence-corrected chi connectivity index (χ3v) is 12.6. The van der Waals surface area contributed by atoms with Gasteiger partial charge >= 0.3 is 17.9 Å². The fourth-order valence-corrected chi connectivity index (χ4v) is 8.25. The molecule has 1 atom stereocenters. The molecule has 0 aromatic heterocycles. The van der Waals surface area contributed by atoms with E-state index in [-0.39, 0.29) is 44.0 Å². The highest BCUT2D eigenvalue weighted by Gasteiger charge is 2.19. The predicted molar refractivity (Wildman–Crippen MR) is 284 cm³/mol. The van der Waals surface area contributed by atoms with Crippen molar-refractivity contribution in [1.82, 2.24) is 0 Å². The molecule has 0 N–H and O–H groups in total. The summed E-state index contributed by atoms with van der Waals surface area (Å²) >= 11 is 0. The number of carbonyl (C=O) groups excluding carboxylic acids is 3. The van der Waals surface area contributed by atoms with Gasteiger partial charge in [0.25, 0.3) is 0 Å². The average molecular weight is 926 g/mol. The van der Waals surface area contributed by atoms with Crippen LogP contribution in [0.3, 0.4) is 0 Å². The molecule has 0 radical (unpaired) electrons. The molecule has 66 heavy (non-hydrogen) atoms. The predicted octanol–water partition coefficient (Wildman–Crippen LogP) is 19.0. The minimum absolute atomic E-state index is 0.0980. The first kappa shape index (κ1) is 63.4. The van der Waals surface area contributed by atoms with Crippen LogP contribution >= 0.6 is 0 Å². The van der Waals surface area contributed by atoms with Gasteiger partial charge in [-0.1, -0.05) is 262 Å². The lowest BCUT2D eigenvalue weighted by Crippen LogP contribution is -2.30. The molecule has 384 valence electrons. The van der Waals surface area contributed by atoms with Crippen molar-refractivity contribution in [1.29, 1.82) is 0 Å². The van der Waals surface area contributed by atoms with Crippen LogP contribution in [0.25, 0.3) is 0 Å². The van der Waals surface area contributed by atoms with Crippen LogP contribution < -0.4 is 0 Å². The second kappa shape index (κ2) is 55.0. The molecule has 0 aliphatic carbocycles. The van der Waals surface area contributed by atoms with Gasteiger partial charge in [-0.3, -0.25) is 14.4 Å². The van der Waals surface area contributed by atoms with E-state index >= 15 is 0 Å². The Morgan fingerprint density at radius 3 is 1.03 bits per heavy atom. The van der Waals surface area contributed by atoms with Crippen LogP contribution in [0.1, 0.15) is 297 Å². The van der Waals surface area contributed by atoms with E-state index in [1.165, 1.54) is 186 Å². The molecule has 0 heterocycles. The summed E-state index contributed by atoms with van der Waals surface area (Å²) in [5, 5.41) is 0. The number of hydrogen-bond acceptors (Lipinski definition) is 6. The van der Waals surface area contributed by atoms with Crippen molar-refractivity contribution in [3.8, 4) is 0 Å². The standard InChI is InChI=1S/C60H108O6/c1-4-7-10-13-16-19-22-25-27-29-30-31-33-35-38-41-44-47-50-53-59(62)65-56-57(55-64-58(61)52-49-46-43-40-37-34-24-21-18-15-12-9-6-3)66-60(63)54-51-48-45-42-39-36-32-28-26-23-20-17-14-11-8-5-2/h28,32,34,36-37,39,43,46,57H,4-27,29-31,33,35,38,40-42,44-45,47-56H2,1-3H3/b32-28-,37-34-,39-36-,46-43-. The monoisotopic (exact) mass is 925 g/mol. The van der Waals surface area contributed by atoms with Crippen LogP contribution in [-0.2, 0) is 28.6 Å². The van der Waals surface area contributed by atoms with E-state index in [4.69, 9.17) is 14.2 Å². The Balaban J connectivity index is 4.40. The normalized spacial score (nSPS) is 12.3. The van der Waals surface area contributed by atoms with Gasteiger partial charge in [-0.05, 0) is 64.2 Å². The van der Waals surface area contributed by atoms with Crippen LogP contribution in [0, 0.1) is 0 Å². The molecular weight excluding hydrogens is 817 g/mol. The van der Waals surface area contributed by atoms with Gasteiger partial charge in [0.2, 0.25) is 0 Å². The first-order chi connectivity index (χ1) is 32.5. The molecule has 6 nitrogen and oxygen atoms in total. The highest BCUT2D eigenvalue weighted by atomic mass is 16.6. The average Bonchev–Trinajstić information content (AvgIpc) is 3.31. The second-order valence-electron chi connectivity index (χ2n) is 19.2. The second-order valence-corrected chi connectivity index (χ2v) is 19.2. The van der Waals surface area contributed by atoms with Crippen LogP contribution in [-0.4, -0.2) is 37.2 Å². The van der Waals surface area contributed by atoms with Gasteiger partial charge in [-0.25, -0.2) is 0 Å². The van der Waals surface area contributed by atoms with E-state index < -0.39 is 6.10 Å². The summed E-state index contributed by atoms with van der Waals surface area (Å²) in [5.41, 5.74) is 0. The van der Waals surface area contributed by atoms with Crippen LogP contribution in [0.2, 0.25) is 0 Å². The molecule has 0 fully saturated rings. The van der Waals surface area contributed by atoms with Crippen LogP contribution in [0.15, 0.2) is 48.6 Å². The number of ether oxygens (including phenoxy) is 3. The molecule has 6 heteroatoms. The summed E-state index contributed by atoms with van der Waals surface area (Å²) in [4.78, 5) is 38.0. The summed E-state index contributed by atoms with van der Waals surface area (Å²) in [6, 6.07) is 0. The van der Waals surface area contributed by atoms with Crippen molar-refractivity contribution in [2.75, 3.05) is 13.2 Å².